The van der Waals surface area contributed by atoms with Crippen molar-refractivity contribution < 1.29 is 40.0 Å². The summed E-state index contributed by atoms with van der Waals surface area (Å²) >= 11 is 1.66. The quantitative estimate of drug-likeness (QED) is 0.190. The van der Waals surface area contributed by atoms with Crippen molar-refractivity contribution in [3.8, 4) is 0 Å². The Morgan fingerprint density at radius 2 is 1.32 bits per heavy atom. The van der Waals surface area contributed by atoms with Gasteiger partial charge in [0.25, 0.3) is 5.92 Å². The van der Waals surface area contributed by atoms with E-state index in [1.807, 2.05) is 0 Å². The van der Waals surface area contributed by atoms with Crippen LogP contribution in [0.1, 0.15) is 41.5 Å². The first-order chi connectivity index (χ1) is 11.0. The van der Waals surface area contributed by atoms with Crippen LogP contribution in [0, 0.1) is 5.92 Å². The predicted molar refractivity (Wildman–Crippen MR) is 92.4 cm³/mol. The highest BCUT2D eigenvalue weighted by molar-refractivity contribution is 14.2. The smallest absolute Gasteiger partial charge is 0.364 e. The lowest BCUT2D eigenvalue weighted by molar-refractivity contribution is -0.380. The molecule has 2 unspecified atom stereocenters. The van der Waals surface area contributed by atoms with E-state index in [1.54, 1.807) is 21.2 Å². The van der Waals surface area contributed by atoms with Crippen molar-refractivity contribution in [1.29, 1.82) is 0 Å². The topological polar surface area (TPSA) is 27.7 Å². The highest BCUT2D eigenvalue weighted by atomic mass is 127. The van der Waals surface area contributed by atoms with Crippen LogP contribution in [0.4, 0.5) is 26.3 Å². The van der Waals surface area contributed by atoms with Gasteiger partial charge in [-0.2, -0.15) is 17.6 Å². The van der Waals surface area contributed by atoms with Crippen molar-refractivity contribution >= 4 is 30.4 Å². The van der Waals surface area contributed by atoms with E-state index in [9.17, 15) is 26.3 Å². The first-order valence-corrected chi connectivity index (χ1v) is 10.7. The Morgan fingerprint density at radius 1 is 0.880 bits per heavy atom. The summed E-state index contributed by atoms with van der Waals surface area (Å²) in [5.41, 5.74) is -2.09. The van der Waals surface area contributed by atoms with E-state index < -0.39 is 48.3 Å². The molecule has 0 N–H and O–H groups in total. The van der Waals surface area contributed by atoms with E-state index in [0.29, 0.717) is 9.21 Å². The first kappa shape index (κ1) is 25.5. The van der Waals surface area contributed by atoms with Crippen LogP contribution in [-0.2, 0) is 13.7 Å². The van der Waals surface area contributed by atoms with Crippen molar-refractivity contribution in [3.63, 3.8) is 0 Å². The molecule has 0 aromatic heterocycles. The molecule has 0 fully saturated rings. The SMILES string of the molecule is CC(OC(C)(C)C(F)(F)COSI)C(C)OC(F)(F)C(F)(F)C(C)C. The molecule has 0 aromatic rings. The van der Waals surface area contributed by atoms with Gasteiger partial charge in [0.05, 0.1) is 21.4 Å². The lowest BCUT2D eigenvalue weighted by Crippen LogP contribution is -2.53. The molecule has 0 aliphatic carbocycles. The molecular weight excluding hydrogens is 489 g/mol. The monoisotopic (exact) mass is 512 g/mol. The molecule has 0 amide bonds. The number of hydrogen-bond donors (Lipinski definition) is 0. The minimum absolute atomic E-state index is 0.710. The maximum Gasteiger partial charge on any atom is 0.419 e. The number of alkyl halides is 6. The van der Waals surface area contributed by atoms with Crippen molar-refractivity contribution in [2.75, 3.05) is 6.61 Å². The molecule has 0 radical (unpaired) electrons. The van der Waals surface area contributed by atoms with Crippen LogP contribution in [0.15, 0.2) is 0 Å². The fourth-order valence-corrected chi connectivity index (χ4v) is 2.23. The molecule has 0 aromatic carbocycles. The summed E-state index contributed by atoms with van der Waals surface area (Å²) in [7, 11) is 0.710. The van der Waals surface area contributed by atoms with Gasteiger partial charge in [-0.25, -0.2) is 8.78 Å². The average Bonchev–Trinajstić information content (AvgIpc) is 2.43. The van der Waals surface area contributed by atoms with E-state index in [1.165, 1.54) is 6.92 Å². The van der Waals surface area contributed by atoms with Gasteiger partial charge in [0.2, 0.25) is 0 Å². The normalized spacial score (nSPS) is 17.0. The lowest BCUT2D eigenvalue weighted by atomic mass is 10.0. The van der Waals surface area contributed by atoms with Crippen molar-refractivity contribution in [1.82, 2.24) is 0 Å². The third-order valence-corrected chi connectivity index (χ3v) is 4.72. The Balaban J connectivity index is 5.04. The van der Waals surface area contributed by atoms with Crippen LogP contribution in [0.5, 0.6) is 0 Å². The standard InChI is InChI=1S/C14H23F6IO3S/c1-8(2)13(17,18)14(19,20)24-10(4)9(3)23-11(5,6)12(15,16)7-22-25-21/h8-10H,7H2,1-6H3. The Hall–Kier alpha value is 0.540. The van der Waals surface area contributed by atoms with Gasteiger partial charge in [-0.15, -0.1) is 0 Å². The lowest BCUT2D eigenvalue weighted by Gasteiger charge is -2.38. The van der Waals surface area contributed by atoms with Crippen molar-refractivity contribution in [3.05, 3.63) is 0 Å². The second kappa shape index (κ2) is 9.16. The van der Waals surface area contributed by atoms with E-state index in [0.717, 1.165) is 34.6 Å². The molecule has 152 valence electrons. The molecule has 0 aliphatic heterocycles. The Labute approximate surface area is 160 Å². The van der Waals surface area contributed by atoms with E-state index in [-0.39, 0.29) is 0 Å². The maximum atomic E-state index is 14.1. The van der Waals surface area contributed by atoms with Crippen LogP contribution in [0.3, 0.4) is 0 Å². The zero-order chi connectivity index (χ0) is 20.3. The molecule has 0 spiro atoms. The van der Waals surface area contributed by atoms with Crippen LogP contribution in [0.25, 0.3) is 0 Å². The van der Waals surface area contributed by atoms with Gasteiger partial charge >= 0.3 is 12.0 Å². The second-order valence-electron chi connectivity index (χ2n) is 6.48. The summed E-state index contributed by atoms with van der Waals surface area (Å²) in [5, 5.41) is 0. The summed E-state index contributed by atoms with van der Waals surface area (Å²) in [6.45, 7) is 5.25. The summed E-state index contributed by atoms with van der Waals surface area (Å²) in [6.07, 6.45) is -7.62. The molecular formula is C14H23F6IO3S. The molecule has 0 heterocycles. The predicted octanol–water partition coefficient (Wildman–Crippen LogP) is 6.11. The summed E-state index contributed by atoms with van der Waals surface area (Å²) in [6, 6.07) is 0. The van der Waals surface area contributed by atoms with Gasteiger partial charge in [0.15, 0.2) is 0 Å². The maximum absolute atomic E-state index is 14.1. The highest BCUT2D eigenvalue weighted by Gasteiger charge is 2.61. The van der Waals surface area contributed by atoms with Crippen molar-refractivity contribution in [2.24, 2.45) is 5.92 Å². The molecule has 3 nitrogen and oxygen atoms in total. The fraction of sp³-hybridized carbons (Fsp3) is 1.00. The zero-order valence-corrected chi connectivity index (χ0v) is 17.7. The van der Waals surface area contributed by atoms with Crippen molar-refractivity contribution in [2.45, 2.75) is 77.3 Å². The molecule has 0 bridgehead atoms. The summed E-state index contributed by atoms with van der Waals surface area (Å²) < 4.78 is 96.6. The van der Waals surface area contributed by atoms with Crippen LogP contribution < -0.4 is 0 Å². The Morgan fingerprint density at radius 3 is 1.72 bits per heavy atom. The van der Waals surface area contributed by atoms with Crippen LogP contribution >= 0.6 is 30.4 Å². The molecule has 11 heteroatoms. The van der Waals surface area contributed by atoms with E-state index >= 15 is 0 Å². The van der Waals surface area contributed by atoms with E-state index in [2.05, 4.69) is 8.92 Å². The number of ether oxygens (including phenoxy) is 2. The summed E-state index contributed by atoms with van der Waals surface area (Å²) in [4.78, 5) is 0. The van der Waals surface area contributed by atoms with Gasteiger partial charge in [-0.1, -0.05) is 13.8 Å². The highest BCUT2D eigenvalue weighted by Crippen LogP contribution is 2.42. The van der Waals surface area contributed by atoms with Gasteiger partial charge < -0.3 is 9.47 Å². The molecule has 0 rings (SSSR count). The molecule has 0 saturated carbocycles. The average molecular weight is 512 g/mol. The third kappa shape index (κ3) is 6.58. The van der Waals surface area contributed by atoms with Crippen LogP contribution in [0.2, 0.25) is 0 Å². The fourth-order valence-electron chi connectivity index (χ4n) is 1.66. The zero-order valence-electron chi connectivity index (χ0n) is 14.7. The second-order valence-corrected chi connectivity index (χ2v) is 7.92. The Bertz CT molecular complexity index is 423. The molecule has 0 saturated heterocycles. The van der Waals surface area contributed by atoms with Gasteiger partial charge in [-0.3, -0.25) is 4.18 Å². The van der Waals surface area contributed by atoms with E-state index in [4.69, 9.17) is 4.74 Å². The van der Waals surface area contributed by atoms with Gasteiger partial charge in [-0.05, 0) is 27.7 Å². The number of rotatable bonds is 11. The van der Waals surface area contributed by atoms with Gasteiger partial charge in [0, 0.05) is 27.1 Å². The molecule has 0 aliphatic rings. The Kier molecular flexibility index (Phi) is 9.35. The minimum atomic E-state index is -4.76. The largest absolute Gasteiger partial charge is 0.419 e. The van der Waals surface area contributed by atoms with Crippen LogP contribution in [-0.4, -0.2) is 42.4 Å². The third-order valence-electron chi connectivity index (χ3n) is 3.75. The first-order valence-electron chi connectivity index (χ1n) is 7.41. The summed E-state index contributed by atoms with van der Waals surface area (Å²) in [5.74, 6) is -9.52. The minimum Gasteiger partial charge on any atom is -0.364 e. The number of hydrogen-bond acceptors (Lipinski definition) is 4. The molecule has 2 atom stereocenters. The van der Waals surface area contributed by atoms with Gasteiger partial charge in [0.1, 0.15) is 12.2 Å². The molecule has 25 heavy (non-hydrogen) atoms. The number of halogens is 7.